The van der Waals surface area contributed by atoms with Crippen LogP contribution in [0, 0.1) is 0 Å². The van der Waals surface area contributed by atoms with Gasteiger partial charge in [-0.2, -0.15) is 0 Å². The Morgan fingerprint density at radius 1 is 1.15 bits per heavy atom. The van der Waals surface area contributed by atoms with Gasteiger partial charge in [-0.15, -0.1) is 11.3 Å². The summed E-state index contributed by atoms with van der Waals surface area (Å²) in [6.07, 6.45) is 5.06. The van der Waals surface area contributed by atoms with Crippen LogP contribution in [0.5, 0.6) is 0 Å². The summed E-state index contributed by atoms with van der Waals surface area (Å²) >= 11 is 1.44. The Morgan fingerprint density at radius 3 is 2.44 bits per heavy atom. The fourth-order valence-electron chi connectivity index (χ4n) is 3.18. The molecule has 1 N–H and O–H groups in total. The number of amides is 1. The molecule has 1 aliphatic carbocycles. The lowest BCUT2D eigenvalue weighted by Gasteiger charge is -2.11. The van der Waals surface area contributed by atoms with E-state index in [-0.39, 0.29) is 17.2 Å². The van der Waals surface area contributed by atoms with Gasteiger partial charge in [0.15, 0.2) is 9.84 Å². The fourth-order valence-corrected chi connectivity index (χ4v) is 5.11. The molecule has 144 valence electrons. The van der Waals surface area contributed by atoms with Crippen molar-refractivity contribution in [1.29, 1.82) is 0 Å². The Bertz CT molecular complexity index is 974. The smallest absolute Gasteiger partial charge is 0.341 e. The molecule has 0 saturated carbocycles. The fraction of sp³-hybridized carbons (Fsp3) is 0.368. The molecule has 8 heteroatoms. The Kier molecular flexibility index (Phi) is 5.67. The van der Waals surface area contributed by atoms with Gasteiger partial charge in [-0.3, -0.25) is 4.79 Å². The molecule has 0 aliphatic heterocycles. The second-order valence-corrected chi connectivity index (χ2v) is 9.67. The number of methoxy groups -OCH3 is 1. The molecule has 3 rings (SSSR count). The number of nitrogens with one attached hydrogen (secondary N) is 1. The van der Waals surface area contributed by atoms with E-state index in [0.717, 1.165) is 42.4 Å². The van der Waals surface area contributed by atoms with Crippen molar-refractivity contribution >= 4 is 38.1 Å². The zero-order valence-electron chi connectivity index (χ0n) is 15.2. The van der Waals surface area contributed by atoms with Gasteiger partial charge in [0, 0.05) is 11.1 Å². The lowest BCUT2D eigenvalue weighted by molar-refractivity contribution is -0.115. The van der Waals surface area contributed by atoms with Gasteiger partial charge in [0.25, 0.3) is 0 Å². The predicted octanol–water partition coefficient (Wildman–Crippen LogP) is 3.00. The topological polar surface area (TPSA) is 89.5 Å². The molecular weight excluding hydrogens is 386 g/mol. The maximum absolute atomic E-state index is 12.5. The van der Waals surface area contributed by atoms with Gasteiger partial charge in [0.05, 0.1) is 24.0 Å². The lowest BCUT2D eigenvalue weighted by atomic mass is 9.95. The van der Waals surface area contributed by atoms with E-state index in [1.54, 1.807) is 12.1 Å². The average Bonchev–Trinajstić information content (AvgIpc) is 2.98. The van der Waals surface area contributed by atoms with E-state index in [9.17, 15) is 18.0 Å². The molecule has 6 nitrogen and oxygen atoms in total. The van der Waals surface area contributed by atoms with Crippen LogP contribution in [-0.4, -0.2) is 33.7 Å². The summed E-state index contributed by atoms with van der Waals surface area (Å²) in [7, 11) is -1.93. The number of carbonyl (C=O) groups is 2. The van der Waals surface area contributed by atoms with Gasteiger partial charge >= 0.3 is 5.97 Å². The van der Waals surface area contributed by atoms with E-state index >= 15 is 0 Å². The Balaban J connectivity index is 1.78. The molecular formula is C19H21NO5S2. The molecule has 0 spiro atoms. The monoisotopic (exact) mass is 407 g/mol. The lowest BCUT2D eigenvalue weighted by Crippen LogP contribution is -2.16. The second-order valence-electron chi connectivity index (χ2n) is 6.55. The van der Waals surface area contributed by atoms with Crippen LogP contribution >= 0.6 is 11.3 Å². The zero-order chi connectivity index (χ0) is 19.6. The van der Waals surface area contributed by atoms with E-state index in [0.29, 0.717) is 16.1 Å². The van der Waals surface area contributed by atoms with Crippen molar-refractivity contribution in [3.63, 3.8) is 0 Å². The summed E-state index contributed by atoms with van der Waals surface area (Å²) < 4.78 is 27.9. The normalized spacial score (nSPS) is 13.7. The van der Waals surface area contributed by atoms with Crippen LogP contribution in [0.15, 0.2) is 29.2 Å². The highest BCUT2D eigenvalue weighted by molar-refractivity contribution is 7.90. The highest BCUT2D eigenvalue weighted by atomic mass is 32.2. The molecule has 0 bridgehead atoms. The van der Waals surface area contributed by atoms with Crippen molar-refractivity contribution in [3.05, 3.63) is 45.8 Å². The molecule has 27 heavy (non-hydrogen) atoms. The number of hydrogen-bond donors (Lipinski definition) is 1. The summed E-state index contributed by atoms with van der Waals surface area (Å²) in [6.45, 7) is 0. The molecule has 0 unspecified atom stereocenters. The minimum Gasteiger partial charge on any atom is -0.465 e. The summed E-state index contributed by atoms with van der Waals surface area (Å²) in [5.41, 5.74) is 2.16. The maximum Gasteiger partial charge on any atom is 0.341 e. The molecule has 0 atom stereocenters. The van der Waals surface area contributed by atoms with Gasteiger partial charge in [-0.1, -0.05) is 12.1 Å². The van der Waals surface area contributed by atoms with Crippen molar-refractivity contribution in [2.45, 2.75) is 37.0 Å². The third-order valence-corrected chi connectivity index (χ3v) is 6.87. The first-order chi connectivity index (χ1) is 12.8. The van der Waals surface area contributed by atoms with Gasteiger partial charge < -0.3 is 10.1 Å². The number of benzene rings is 1. The number of aryl methyl sites for hydroxylation is 1. The van der Waals surface area contributed by atoms with Gasteiger partial charge in [0.1, 0.15) is 5.00 Å². The molecule has 1 aliphatic rings. The van der Waals surface area contributed by atoms with Crippen LogP contribution in [0.25, 0.3) is 0 Å². The molecule has 2 aromatic rings. The third-order valence-electron chi connectivity index (χ3n) is 4.53. The molecule has 0 saturated heterocycles. The molecule has 1 heterocycles. The molecule has 1 aromatic carbocycles. The largest absolute Gasteiger partial charge is 0.465 e. The highest BCUT2D eigenvalue weighted by Crippen LogP contribution is 2.38. The zero-order valence-corrected chi connectivity index (χ0v) is 16.8. The SMILES string of the molecule is COC(=O)c1c(NC(=O)Cc2ccc(S(C)(=O)=O)cc2)sc2c1CCCC2. The number of esters is 1. The number of carbonyl (C=O) groups excluding carboxylic acids is 2. The van der Waals surface area contributed by atoms with Crippen molar-refractivity contribution in [2.75, 3.05) is 18.7 Å². The van der Waals surface area contributed by atoms with Crippen LogP contribution in [0.4, 0.5) is 5.00 Å². The number of thiophene rings is 1. The van der Waals surface area contributed by atoms with Crippen LogP contribution in [0.3, 0.4) is 0 Å². The number of rotatable bonds is 5. The van der Waals surface area contributed by atoms with Crippen LogP contribution in [0.1, 0.15) is 39.2 Å². The maximum atomic E-state index is 12.5. The number of anilines is 1. The quantitative estimate of drug-likeness (QED) is 0.770. The van der Waals surface area contributed by atoms with E-state index in [1.165, 1.54) is 30.6 Å². The van der Waals surface area contributed by atoms with E-state index in [4.69, 9.17) is 4.74 Å². The Labute approximate surface area is 162 Å². The minimum atomic E-state index is -3.27. The second kappa shape index (κ2) is 7.82. The molecule has 0 radical (unpaired) electrons. The van der Waals surface area contributed by atoms with Crippen molar-refractivity contribution in [3.8, 4) is 0 Å². The molecule has 1 amide bonds. The number of fused-ring (bicyclic) bond motifs is 1. The number of sulfone groups is 1. The highest BCUT2D eigenvalue weighted by Gasteiger charge is 2.26. The summed E-state index contributed by atoms with van der Waals surface area (Å²) in [4.78, 5) is 26.0. The van der Waals surface area contributed by atoms with E-state index in [1.807, 2.05) is 0 Å². The predicted molar refractivity (Wildman–Crippen MR) is 104 cm³/mol. The van der Waals surface area contributed by atoms with Gasteiger partial charge in [-0.25, -0.2) is 13.2 Å². The van der Waals surface area contributed by atoms with E-state index < -0.39 is 15.8 Å². The van der Waals surface area contributed by atoms with Crippen molar-refractivity contribution < 1.29 is 22.7 Å². The summed E-state index contributed by atoms with van der Waals surface area (Å²) in [6, 6.07) is 6.22. The first-order valence-electron chi connectivity index (χ1n) is 8.61. The average molecular weight is 408 g/mol. The first kappa shape index (κ1) is 19.6. The number of ether oxygens (including phenoxy) is 1. The molecule has 0 fully saturated rings. The van der Waals surface area contributed by atoms with Gasteiger partial charge in [0.2, 0.25) is 5.91 Å². The Hall–Kier alpha value is -2.19. The van der Waals surface area contributed by atoms with E-state index in [2.05, 4.69) is 5.32 Å². The Morgan fingerprint density at radius 2 is 1.81 bits per heavy atom. The van der Waals surface area contributed by atoms with Crippen LogP contribution in [0.2, 0.25) is 0 Å². The first-order valence-corrected chi connectivity index (χ1v) is 11.3. The van der Waals surface area contributed by atoms with Crippen molar-refractivity contribution in [1.82, 2.24) is 0 Å². The van der Waals surface area contributed by atoms with Crippen molar-refractivity contribution in [2.24, 2.45) is 0 Å². The minimum absolute atomic E-state index is 0.0905. The van der Waals surface area contributed by atoms with Crippen LogP contribution in [-0.2, 0) is 38.6 Å². The standard InChI is InChI=1S/C19H21NO5S2/c1-25-19(22)17-14-5-3-4-6-15(14)26-18(17)20-16(21)11-12-7-9-13(10-8-12)27(2,23)24/h7-10H,3-6,11H2,1-2H3,(H,20,21). The third kappa shape index (κ3) is 4.39. The van der Waals surface area contributed by atoms with Crippen LogP contribution < -0.4 is 5.32 Å². The number of hydrogen-bond acceptors (Lipinski definition) is 6. The summed E-state index contributed by atoms with van der Waals surface area (Å²) in [5, 5.41) is 3.37. The van der Waals surface area contributed by atoms with Gasteiger partial charge in [-0.05, 0) is 48.9 Å². The summed E-state index contributed by atoms with van der Waals surface area (Å²) in [5.74, 6) is -0.687. The molecule has 1 aromatic heterocycles.